The fourth-order valence-electron chi connectivity index (χ4n) is 3.03. The second kappa shape index (κ2) is 7.06. The summed E-state index contributed by atoms with van der Waals surface area (Å²) in [7, 11) is 0. The fraction of sp³-hybridized carbons (Fsp3) is 0.647. The molecule has 1 aliphatic rings. The van der Waals surface area contributed by atoms with Gasteiger partial charge in [0.05, 0.1) is 0 Å². The summed E-state index contributed by atoms with van der Waals surface area (Å²) < 4.78 is 0. The average Bonchev–Trinajstić information content (AvgIpc) is 2.38. The number of benzene rings is 1. The molecule has 0 atom stereocenters. The van der Waals surface area contributed by atoms with E-state index in [0.29, 0.717) is 0 Å². The molecule has 2 nitrogen and oxygen atoms in total. The van der Waals surface area contributed by atoms with Gasteiger partial charge in [-0.05, 0) is 44.3 Å². The molecule has 1 heterocycles. The van der Waals surface area contributed by atoms with Gasteiger partial charge in [0.2, 0.25) is 0 Å². The molecule has 106 valence electrons. The highest BCUT2D eigenvalue weighted by atomic mass is 15.2. The molecular formula is C17H28N2. The molecule has 2 heteroatoms. The van der Waals surface area contributed by atoms with Crippen LogP contribution < -0.4 is 5.32 Å². The minimum absolute atomic E-state index is 0.736. The number of hydrogen-bond donors (Lipinski definition) is 1. The van der Waals surface area contributed by atoms with Crippen LogP contribution in [0.15, 0.2) is 24.3 Å². The molecule has 0 aromatic heterocycles. The van der Waals surface area contributed by atoms with Gasteiger partial charge in [-0.1, -0.05) is 43.7 Å². The number of rotatable bonds is 5. The van der Waals surface area contributed by atoms with Gasteiger partial charge in [-0.25, -0.2) is 0 Å². The maximum Gasteiger partial charge on any atom is 0.0236 e. The van der Waals surface area contributed by atoms with E-state index in [9.17, 15) is 0 Å². The van der Waals surface area contributed by atoms with Gasteiger partial charge in [-0.15, -0.1) is 0 Å². The summed E-state index contributed by atoms with van der Waals surface area (Å²) in [4.78, 5) is 2.69. The van der Waals surface area contributed by atoms with Crippen LogP contribution in [0.2, 0.25) is 0 Å². The van der Waals surface area contributed by atoms with Gasteiger partial charge in [-0.2, -0.15) is 0 Å². The third-order valence-corrected chi connectivity index (χ3v) is 3.89. The first-order chi connectivity index (χ1) is 9.15. The summed E-state index contributed by atoms with van der Waals surface area (Å²) in [6.45, 7) is 11.5. The molecule has 1 aromatic rings. The molecule has 0 unspecified atom stereocenters. The van der Waals surface area contributed by atoms with E-state index in [2.05, 4.69) is 55.3 Å². The number of nitrogens with zero attached hydrogens (tertiary/aromatic N) is 1. The first-order valence-corrected chi connectivity index (χ1v) is 7.65. The van der Waals surface area contributed by atoms with Gasteiger partial charge >= 0.3 is 0 Å². The lowest BCUT2D eigenvalue weighted by molar-refractivity contribution is 0.137. The molecule has 1 aromatic carbocycles. The Morgan fingerprint density at radius 2 is 2.00 bits per heavy atom. The number of nitrogens with one attached hydrogen (secondary N) is 1. The Hall–Kier alpha value is -0.860. The van der Waals surface area contributed by atoms with E-state index in [0.717, 1.165) is 18.5 Å². The van der Waals surface area contributed by atoms with Crippen molar-refractivity contribution < 1.29 is 0 Å². The third-order valence-electron chi connectivity index (χ3n) is 3.89. The highest BCUT2D eigenvalue weighted by Gasteiger charge is 2.21. The van der Waals surface area contributed by atoms with E-state index in [1.54, 1.807) is 0 Å². The lowest BCUT2D eigenvalue weighted by Gasteiger charge is -2.36. The van der Waals surface area contributed by atoms with Gasteiger partial charge in [0.15, 0.2) is 0 Å². The second-order valence-electron chi connectivity index (χ2n) is 6.29. The van der Waals surface area contributed by atoms with E-state index >= 15 is 0 Å². The minimum Gasteiger partial charge on any atom is -0.317 e. The summed E-state index contributed by atoms with van der Waals surface area (Å²) in [6, 6.07) is 9.71. The maximum atomic E-state index is 3.47. The zero-order valence-electron chi connectivity index (χ0n) is 12.7. The Labute approximate surface area is 118 Å². The second-order valence-corrected chi connectivity index (χ2v) is 6.29. The highest BCUT2D eigenvalue weighted by Crippen LogP contribution is 2.18. The summed E-state index contributed by atoms with van der Waals surface area (Å²) in [5.74, 6) is 0.736. The predicted molar refractivity (Wildman–Crippen MR) is 82.3 cm³/mol. The van der Waals surface area contributed by atoms with Gasteiger partial charge in [-0.3, -0.25) is 4.90 Å². The Bertz CT molecular complexity index is 381. The first-order valence-electron chi connectivity index (χ1n) is 7.65. The zero-order valence-corrected chi connectivity index (χ0v) is 12.7. The van der Waals surface area contributed by atoms with Gasteiger partial charge in [0.1, 0.15) is 0 Å². The molecular weight excluding hydrogens is 232 g/mol. The van der Waals surface area contributed by atoms with Gasteiger partial charge < -0.3 is 5.32 Å². The van der Waals surface area contributed by atoms with Crippen molar-refractivity contribution in [2.24, 2.45) is 5.92 Å². The molecule has 1 saturated heterocycles. The van der Waals surface area contributed by atoms with Crippen LogP contribution in [-0.4, -0.2) is 30.6 Å². The monoisotopic (exact) mass is 260 g/mol. The summed E-state index contributed by atoms with van der Waals surface area (Å²) in [5, 5.41) is 3.47. The van der Waals surface area contributed by atoms with Crippen molar-refractivity contribution in [2.75, 3.05) is 19.6 Å². The minimum atomic E-state index is 0.736. The average molecular weight is 260 g/mol. The van der Waals surface area contributed by atoms with Crippen molar-refractivity contribution in [3.63, 3.8) is 0 Å². The standard InChI is InChI=1S/C17H28N2/c1-14(2)12-19(17-7-9-18-10-8-17)13-16-6-4-5-15(3)11-16/h4-6,11,14,17-18H,7-10,12-13H2,1-3H3. The van der Waals surface area contributed by atoms with Gasteiger partial charge in [0, 0.05) is 19.1 Å². The molecule has 1 N–H and O–H groups in total. The van der Waals surface area contributed by atoms with E-state index in [-0.39, 0.29) is 0 Å². The van der Waals surface area contributed by atoms with E-state index in [1.807, 2.05) is 0 Å². The first kappa shape index (κ1) is 14.5. The van der Waals surface area contributed by atoms with E-state index in [1.165, 1.54) is 43.6 Å². The largest absolute Gasteiger partial charge is 0.317 e. The maximum absolute atomic E-state index is 3.47. The highest BCUT2D eigenvalue weighted by molar-refractivity contribution is 5.22. The smallest absolute Gasteiger partial charge is 0.0236 e. The van der Waals surface area contributed by atoms with E-state index in [4.69, 9.17) is 0 Å². The van der Waals surface area contributed by atoms with Crippen LogP contribution in [0.5, 0.6) is 0 Å². The summed E-state index contributed by atoms with van der Waals surface area (Å²) >= 11 is 0. The molecule has 1 aliphatic heterocycles. The number of hydrogen-bond acceptors (Lipinski definition) is 2. The zero-order chi connectivity index (χ0) is 13.7. The topological polar surface area (TPSA) is 15.3 Å². The van der Waals surface area contributed by atoms with Crippen LogP contribution >= 0.6 is 0 Å². The molecule has 0 saturated carbocycles. The van der Waals surface area contributed by atoms with Crippen molar-refractivity contribution in [1.82, 2.24) is 10.2 Å². The van der Waals surface area contributed by atoms with Crippen molar-refractivity contribution in [3.8, 4) is 0 Å². The van der Waals surface area contributed by atoms with E-state index < -0.39 is 0 Å². The summed E-state index contributed by atoms with van der Waals surface area (Å²) in [5.41, 5.74) is 2.83. The lowest BCUT2D eigenvalue weighted by atomic mass is 10.0. The van der Waals surface area contributed by atoms with Gasteiger partial charge in [0.25, 0.3) is 0 Å². The van der Waals surface area contributed by atoms with Crippen LogP contribution in [0.1, 0.15) is 37.8 Å². The van der Waals surface area contributed by atoms with Crippen LogP contribution in [0.4, 0.5) is 0 Å². The van der Waals surface area contributed by atoms with Crippen molar-refractivity contribution in [1.29, 1.82) is 0 Å². The van der Waals surface area contributed by atoms with Crippen LogP contribution in [0.25, 0.3) is 0 Å². The Balaban J connectivity index is 2.04. The van der Waals surface area contributed by atoms with Crippen molar-refractivity contribution in [2.45, 2.75) is 46.2 Å². The molecule has 1 fully saturated rings. The SMILES string of the molecule is Cc1cccc(CN(CC(C)C)C2CCNCC2)c1. The molecule has 0 bridgehead atoms. The predicted octanol–water partition coefficient (Wildman–Crippen LogP) is 3.21. The summed E-state index contributed by atoms with van der Waals surface area (Å²) in [6.07, 6.45) is 2.58. The number of piperidine rings is 1. The molecule has 0 radical (unpaired) electrons. The molecule has 2 rings (SSSR count). The lowest BCUT2D eigenvalue weighted by Crippen LogP contribution is -2.44. The molecule has 0 aliphatic carbocycles. The Morgan fingerprint density at radius 3 is 2.63 bits per heavy atom. The fourth-order valence-corrected chi connectivity index (χ4v) is 3.03. The number of aryl methyl sites for hydroxylation is 1. The Morgan fingerprint density at radius 1 is 1.26 bits per heavy atom. The Kier molecular flexibility index (Phi) is 5.41. The van der Waals surface area contributed by atoms with Crippen LogP contribution in [0, 0.1) is 12.8 Å². The van der Waals surface area contributed by atoms with Crippen molar-refractivity contribution in [3.05, 3.63) is 35.4 Å². The van der Waals surface area contributed by atoms with Crippen molar-refractivity contribution >= 4 is 0 Å². The van der Waals surface area contributed by atoms with Crippen LogP contribution in [0.3, 0.4) is 0 Å². The quantitative estimate of drug-likeness (QED) is 0.874. The third kappa shape index (κ3) is 4.63. The molecule has 19 heavy (non-hydrogen) atoms. The molecule has 0 amide bonds. The normalized spacial score (nSPS) is 17.3. The van der Waals surface area contributed by atoms with Crippen LogP contribution in [-0.2, 0) is 6.54 Å². The molecule has 0 spiro atoms.